The van der Waals surface area contributed by atoms with Crippen molar-refractivity contribution in [2.24, 2.45) is 0 Å². The highest BCUT2D eigenvalue weighted by atomic mass is 32.1. The summed E-state index contributed by atoms with van der Waals surface area (Å²) in [5.41, 5.74) is 1.43. The first-order chi connectivity index (χ1) is 9.83. The summed E-state index contributed by atoms with van der Waals surface area (Å²) in [5.74, 6) is -0.672. The van der Waals surface area contributed by atoms with Gasteiger partial charge >= 0.3 is 6.18 Å². The van der Waals surface area contributed by atoms with Crippen molar-refractivity contribution in [2.45, 2.75) is 44.8 Å². The van der Waals surface area contributed by atoms with E-state index < -0.39 is 18.5 Å². The van der Waals surface area contributed by atoms with Crippen molar-refractivity contribution in [1.29, 1.82) is 0 Å². The van der Waals surface area contributed by atoms with Crippen LogP contribution in [0.1, 0.15) is 41.4 Å². The van der Waals surface area contributed by atoms with Crippen LogP contribution < -0.4 is 5.32 Å². The molecule has 8 heteroatoms. The van der Waals surface area contributed by atoms with E-state index in [4.69, 9.17) is 0 Å². The Kier molecular flexibility index (Phi) is 3.43. The van der Waals surface area contributed by atoms with E-state index in [0.717, 1.165) is 15.5 Å². The molecule has 1 N–H and O–H groups in total. The monoisotopic (exact) mass is 317 g/mol. The number of alkyl halides is 3. The lowest BCUT2D eigenvalue weighted by Crippen LogP contribution is -2.21. The third-order valence-electron chi connectivity index (χ3n) is 3.60. The summed E-state index contributed by atoms with van der Waals surface area (Å²) in [6.07, 6.45) is -3.24. The number of imidazole rings is 1. The first-order valence-corrected chi connectivity index (χ1v) is 7.46. The van der Waals surface area contributed by atoms with Gasteiger partial charge in [0, 0.05) is 29.8 Å². The van der Waals surface area contributed by atoms with Gasteiger partial charge < -0.3 is 5.32 Å². The molecule has 0 aromatic carbocycles. The van der Waals surface area contributed by atoms with E-state index in [1.807, 2.05) is 17.5 Å². The molecule has 4 nitrogen and oxygen atoms in total. The van der Waals surface area contributed by atoms with Gasteiger partial charge in [-0.2, -0.15) is 13.2 Å². The number of aromatic nitrogens is 2. The molecule has 3 rings (SSSR count). The molecule has 3 heterocycles. The molecule has 0 aliphatic carbocycles. The summed E-state index contributed by atoms with van der Waals surface area (Å²) in [4.78, 5) is 18.0. The van der Waals surface area contributed by atoms with Gasteiger partial charge in [0.05, 0.1) is 17.9 Å². The third kappa shape index (κ3) is 2.90. The summed E-state index contributed by atoms with van der Waals surface area (Å²) < 4.78 is 39.4. The van der Waals surface area contributed by atoms with Crippen molar-refractivity contribution in [3.8, 4) is 0 Å². The maximum absolute atomic E-state index is 12.5. The van der Waals surface area contributed by atoms with Crippen LogP contribution >= 0.6 is 11.3 Å². The number of carbonyl (C=O) groups is 1. The molecule has 2 aromatic heterocycles. The quantitative estimate of drug-likeness (QED) is 0.925. The normalized spacial score (nSPS) is 19.4. The molecule has 1 amide bonds. The predicted molar refractivity (Wildman–Crippen MR) is 72.3 cm³/mol. The maximum Gasteiger partial charge on any atom is 0.389 e. The average Bonchev–Trinajstić information content (AvgIpc) is 2.81. The number of thiazole rings is 1. The van der Waals surface area contributed by atoms with Crippen LogP contribution in [0, 0.1) is 6.92 Å². The van der Waals surface area contributed by atoms with Crippen molar-refractivity contribution in [3.05, 3.63) is 22.5 Å². The Morgan fingerprint density at radius 3 is 3.00 bits per heavy atom. The fourth-order valence-corrected chi connectivity index (χ4v) is 3.58. The number of aryl methyl sites for hydroxylation is 1. The zero-order chi connectivity index (χ0) is 15.2. The third-order valence-corrected chi connectivity index (χ3v) is 4.50. The van der Waals surface area contributed by atoms with Crippen LogP contribution in [0.15, 0.2) is 6.20 Å². The molecule has 0 saturated carbocycles. The topological polar surface area (TPSA) is 46.4 Å². The van der Waals surface area contributed by atoms with E-state index in [2.05, 4.69) is 10.3 Å². The van der Waals surface area contributed by atoms with Crippen LogP contribution in [0.4, 0.5) is 13.2 Å². The molecule has 1 atom stereocenters. The minimum atomic E-state index is -4.21. The Morgan fingerprint density at radius 2 is 2.29 bits per heavy atom. The zero-order valence-electron chi connectivity index (χ0n) is 11.3. The highest BCUT2D eigenvalue weighted by Crippen LogP contribution is 2.35. The largest absolute Gasteiger partial charge is 0.389 e. The van der Waals surface area contributed by atoms with Crippen LogP contribution in [0.5, 0.6) is 0 Å². The number of nitrogens with one attached hydrogen (secondary N) is 1. The number of hydrogen-bond acceptors (Lipinski definition) is 3. The minimum absolute atomic E-state index is 0.0752. The van der Waals surface area contributed by atoms with Crippen LogP contribution in [0.3, 0.4) is 0 Å². The number of halogens is 3. The fourth-order valence-electron chi connectivity index (χ4n) is 2.73. The second-order valence-electron chi connectivity index (χ2n) is 5.27. The molecule has 0 saturated heterocycles. The van der Waals surface area contributed by atoms with Crippen molar-refractivity contribution in [3.63, 3.8) is 0 Å². The molecule has 1 aliphatic rings. The Labute approximate surface area is 123 Å². The Morgan fingerprint density at radius 1 is 1.52 bits per heavy atom. The van der Waals surface area contributed by atoms with Gasteiger partial charge in [-0.15, -0.1) is 11.3 Å². The van der Waals surface area contributed by atoms with Gasteiger partial charge in [-0.3, -0.25) is 9.20 Å². The van der Waals surface area contributed by atoms with Crippen molar-refractivity contribution >= 4 is 22.2 Å². The molecule has 0 unspecified atom stereocenters. The minimum Gasteiger partial charge on any atom is -0.350 e. The molecule has 114 valence electrons. The highest BCUT2D eigenvalue weighted by molar-refractivity contribution is 7.17. The van der Waals surface area contributed by atoms with Crippen LogP contribution in [0.2, 0.25) is 0 Å². The summed E-state index contributed by atoms with van der Waals surface area (Å²) in [6.45, 7) is 2.21. The molecule has 0 radical (unpaired) electrons. The van der Waals surface area contributed by atoms with Crippen LogP contribution in [0.25, 0.3) is 4.96 Å². The number of carbonyl (C=O) groups excluding carboxylic acids is 1. The van der Waals surface area contributed by atoms with Crippen LogP contribution in [-0.4, -0.2) is 21.5 Å². The van der Waals surface area contributed by atoms with E-state index in [1.165, 1.54) is 11.3 Å². The molecule has 2 aromatic rings. The van der Waals surface area contributed by atoms with E-state index >= 15 is 0 Å². The smallest absolute Gasteiger partial charge is 0.350 e. The van der Waals surface area contributed by atoms with Gasteiger partial charge in [0.15, 0.2) is 4.96 Å². The van der Waals surface area contributed by atoms with Gasteiger partial charge in [0.25, 0.3) is 0 Å². The SMILES string of the molecule is Cc1cn2c3c(nc2s1)CNC(=O)C[C@H]3CCC(F)(F)F. The predicted octanol–water partition coefficient (Wildman–Crippen LogP) is 3.15. The van der Waals surface area contributed by atoms with Gasteiger partial charge in [-0.25, -0.2) is 4.98 Å². The summed E-state index contributed by atoms with van der Waals surface area (Å²) in [6, 6.07) is 0. The first kappa shape index (κ1) is 14.4. The molecular weight excluding hydrogens is 303 g/mol. The molecule has 0 bridgehead atoms. The number of nitrogens with zero attached hydrogens (tertiary/aromatic N) is 2. The molecular formula is C13H14F3N3OS. The number of fused-ring (bicyclic) bond motifs is 3. The average molecular weight is 317 g/mol. The lowest BCUT2D eigenvalue weighted by Gasteiger charge is -2.15. The van der Waals surface area contributed by atoms with Crippen LogP contribution in [-0.2, 0) is 11.3 Å². The number of hydrogen-bond donors (Lipinski definition) is 1. The Bertz CT molecular complexity index is 689. The summed E-state index contributed by atoms with van der Waals surface area (Å²) in [7, 11) is 0. The molecule has 0 fully saturated rings. The lowest BCUT2D eigenvalue weighted by atomic mass is 9.94. The highest BCUT2D eigenvalue weighted by Gasteiger charge is 2.33. The van der Waals surface area contributed by atoms with E-state index in [0.29, 0.717) is 5.69 Å². The molecule has 1 aliphatic heterocycles. The van der Waals surface area contributed by atoms with E-state index in [-0.39, 0.29) is 25.3 Å². The second-order valence-corrected chi connectivity index (χ2v) is 6.48. The number of amides is 1. The van der Waals surface area contributed by atoms with Gasteiger partial charge in [-0.1, -0.05) is 0 Å². The molecule has 0 spiro atoms. The van der Waals surface area contributed by atoms with E-state index in [9.17, 15) is 18.0 Å². The van der Waals surface area contributed by atoms with Gasteiger partial charge in [-0.05, 0) is 13.3 Å². The van der Waals surface area contributed by atoms with Crippen molar-refractivity contribution in [2.75, 3.05) is 0 Å². The first-order valence-electron chi connectivity index (χ1n) is 6.64. The van der Waals surface area contributed by atoms with Crippen molar-refractivity contribution < 1.29 is 18.0 Å². The standard InChI is InChI=1S/C13H14F3N3OS/c1-7-6-19-11-8(2-3-13(14,15)16)4-10(20)17-5-9(11)18-12(19)21-7/h6,8H,2-5H2,1H3,(H,17,20)/t8-/m1/s1. The lowest BCUT2D eigenvalue weighted by molar-refractivity contribution is -0.137. The Balaban J connectivity index is 2.00. The maximum atomic E-state index is 12.5. The second kappa shape index (κ2) is 5.01. The van der Waals surface area contributed by atoms with Gasteiger partial charge in [0.2, 0.25) is 5.91 Å². The van der Waals surface area contributed by atoms with Gasteiger partial charge in [0.1, 0.15) is 0 Å². The zero-order valence-corrected chi connectivity index (χ0v) is 12.1. The van der Waals surface area contributed by atoms with E-state index in [1.54, 1.807) is 0 Å². The Hall–Kier alpha value is -1.57. The van der Waals surface area contributed by atoms with Crippen molar-refractivity contribution in [1.82, 2.24) is 14.7 Å². The summed E-state index contributed by atoms with van der Waals surface area (Å²) >= 11 is 1.50. The molecule has 21 heavy (non-hydrogen) atoms. The number of rotatable bonds is 2. The summed E-state index contributed by atoms with van der Waals surface area (Å²) in [5, 5.41) is 2.70. The fraction of sp³-hybridized carbons (Fsp3) is 0.538.